The third-order valence-electron chi connectivity index (χ3n) is 2.03. The van der Waals surface area contributed by atoms with Crippen molar-refractivity contribution in [3.8, 4) is 12.0 Å². The fraction of sp³-hybridized carbons (Fsp3) is 0.200. The largest absolute Gasteiger partial charge is 0.316 e. The molecule has 80 valence electrons. The molecule has 2 aromatic heterocycles. The Bertz CT molecular complexity index is 507. The van der Waals surface area contributed by atoms with Gasteiger partial charge in [0.15, 0.2) is 0 Å². The fourth-order valence-electron chi connectivity index (χ4n) is 1.32. The Morgan fingerprint density at radius 1 is 1.38 bits per heavy atom. The first-order chi connectivity index (χ1) is 7.85. The highest BCUT2D eigenvalue weighted by Crippen LogP contribution is 2.04. The Labute approximate surface area is 92.6 Å². The first kappa shape index (κ1) is 10.3. The topological polar surface area (TPSA) is 79.4 Å². The Morgan fingerprint density at radius 3 is 2.75 bits per heavy atom. The van der Waals surface area contributed by atoms with Crippen LogP contribution in [0.1, 0.15) is 11.4 Å². The SMILES string of the molecule is CNCc1cnc(-n2ccnc2C#N)nc1. The normalized spacial score (nSPS) is 10.0. The molecule has 1 N–H and O–H groups in total. The van der Waals surface area contributed by atoms with E-state index in [2.05, 4.69) is 20.3 Å². The highest BCUT2D eigenvalue weighted by atomic mass is 15.2. The van der Waals surface area contributed by atoms with Crippen molar-refractivity contribution in [1.29, 1.82) is 5.26 Å². The van der Waals surface area contributed by atoms with Gasteiger partial charge in [-0.3, -0.25) is 4.57 Å². The Kier molecular flexibility index (Phi) is 2.89. The third kappa shape index (κ3) is 1.89. The summed E-state index contributed by atoms with van der Waals surface area (Å²) in [5, 5.41) is 11.8. The maximum Gasteiger partial charge on any atom is 0.235 e. The van der Waals surface area contributed by atoms with Gasteiger partial charge in [0.1, 0.15) is 6.07 Å². The van der Waals surface area contributed by atoms with Gasteiger partial charge in [-0.05, 0) is 7.05 Å². The van der Waals surface area contributed by atoms with Crippen molar-refractivity contribution in [2.45, 2.75) is 6.54 Å². The van der Waals surface area contributed by atoms with Crippen molar-refractivity contribution < 1.29 is 0 Å². The molecule has 0 saturated heterocycles. The molecule has 16 heavy (non-hydrogen) atoms. The van der Waals surface area contributed by atoms with Crippen molar-refractivity contribution in [2.24, 2.45) is 0 Å². The van der Waals surface area contributed by atoms with Crippen LogP contribution in [0.15, 0.2) is 24.8 Å². The predicted molar refractivity (Wildman–Crippen MR) is 56.6 cm³/mol. The lowest BCUT2D eigenvalue weighted by Crippen LogP contribution is -2.08. The molecular formula is C10H10N6. The van der Waals surface area contributed by atoms with Crippen LogP contribution in [0.2, 0.25) is 0 Å². The lowest BCUT2D eigenvalue weighted by atomic mass is 10.3. The molecule has 6 heteroatoms. The maximum absolute atomic E-state index is 8.81. The van der Waals surface area contributed by atoms with Gasteiger partial charge in [-0.2, -0.15) is 5.26 Å². The second kappa shape index (κ2) is 4.51. The smallest absolute Gasteiger partial charge is 0.235 e. The number of nitrogens with one attached hydrogen (secondary N) is 1. The first-order valence-electron chi connectivity index (χ1n) is 4.74. The second-order valence-electron chi connectivity index (χ2n) is 3.15. The molecule has 0 spiro atoms. The average molecular weight is 214 g/mol. The van der Waals surface area contributed by atoms with Crippen LogP contribution in [-0.4, -0.2) is 26.6 Å². The molecule has 2 rings (SSSR count). The third-order valence-corrected chi connectivity index (χ3v) is 2.03. The maximum atomic E-state index is 8.81. The molecule has 0 bridgehead atoms. The van der Waals surface area contributed by atoms with E-state index in [-0.39, 0.29) is 5.82 Å². The van der Waals surface area contributed by atoms with Crippen LogP contribution in [0.4, 0.5) is 0 Å². The molecule has 0 aliphatic carbocycles. The Balaban J connectivity index is 2.32. The second-order valence-corrected chi connectivity index (χ2v) is 3.15. The van der Waals surface area contributed by atoms with Crippen LogP contribution in [0.5, 0.6) is 0 Å². The highest BCUT2D eigenvalue weighted by molar-refractivity contribution is 5.23. The van der Waals surface area contributed by atoms with E-state index in [1.54, 1.807) is 29.4 Å². The van der Waals surface area contributed by atoms with Crippen molar-refractivity contribution in [1.82, 2.24) is 24.8 Å². The van der Waals surface area contributed by atoms with Crippen LogP contribution in [-0.2, 0) is 6.54 Å². The number of nitrogens with zero attached hydrogens (tertiary/aromatic N) is 5. The summed E-state index contributed by atoms with van der Waals surface area (Å²) < 4.78 is 1.54. The zero-order valence-electron chi connectivity index (χ0n) is 8.75. The molecular weight excluding hydrogens is 204 g/mol. The van der Waals surface area contributed by atoms with E-state index in [0.717, 1.165) is 12.1 Å². The molecule has 0 fully saturated rings. The average Bonchev–Trinajstić information content (AvgIpc) is 2.78. The molecule has 0 radical (unpaired) electrons. The van der Waals surface area contributed by atoms with E-state index < -0.39 is 0 Å². The van der Waals surface area contributed by atoms with Crippen molar-refractivity contribution in [3.05, 3.63) is 36.2 Å². The van der Waals surface area contributed by atoms with Gasteiger partial charge in [0.25, 0.3) is 0 Å². The minimum Gasteiger partial charge on any atom is -0.316 e. The first-order valence-corrected chi connectivity index (χ1v) is 4.74. The van der Waals surface area contributed by atoms with E-state index in [1.165, 1.54) is 0 Å². The standard InChI is InChI=1S/C10H10N6/c1-12-5-8-6-14-10(15-7-8)16-3-2-13-9(16)4-11/h2-3,6-7,12H,5H2,1H3. The number of hydrogen-bond donors (Lipinski definition) is 1. The molecule has 0 amide bonds. The molecule has 0 aliphatic heterocycles. The van der Waals surface area contributed by atoms with Crippen LogP contribution < -0.4 is 5.32 Å². The highest BCUT2D eigenvalue weighted by Gasteiger charge is 2.05. The van der Waals surface area contributed by atoms with Gasteiger partial charge in [-0.1, -0.05) is 0 Å². The van der Waals surface area contributed by atoms with Gasteiger partial charge in [-0.15, -0.1) is 0 Å². The Morgan fingerprint density at radius 2 is 2.12 bits per heavy atom. The summed E-state index contributed by atoms with van der Waals surface area (Å²) in [6, 6.07) is 1.97. The zero-order chi connectivity index (χ0) is 11.4. The quantitative estimate of drug-likeness (QED) is 0.792. The summed E-state index contributed by atoms with van der Waals surface area (Å²) in [6.45, 7) is 0.718. The van der Waals surface area contributed by atoms with E-state index in [1.807, 2.05) is 13.1 Å². The van der Waals surface area contributed by atoms with Gasteiger partial charge >= 0.3 is 0 Å². The van der Waals surface area contributed by atoms with E-state index >= 15 is 0 Å². The number of hydrogen-bond acceptors (Lipinski definition) is 5. The molecule has 0 atom stereocenters. The molecule has 2 aromatic rings. The van der Waals surface area contributed by atoms with Gasteiger partial charge < -0.3 is 5.32 Å². The zero-order valence-corrected chi connectivity index (χ0v) is 8.75. The fourth-order valence-corrected chi connectivity index (χ4v) is 1.32. The lowest BCUT2D eigenvalue weighted by Gasteiger charge is -2.02. The van der Waals surface area contributed by atoms with Crippen LogP contribution in [0.25, 0.3) is 5.95 Å². The van der Waals surface area contributed by atoms with Gasteiger partial charge in [-0.25, -0.2) is 15.0 Å². The molecule has 0 aromatic carbocycles. The van der Waals surface area contributed by atoms with Gasteiger partial charge in [0.2, 0.25) is 11.8 Å². The molecule has 6 nitrogen and oxygen atoms in total. The number of nitriles is 1. The van der Waals surface area contributed by atoms with Crippen molar-refractivity contribution in [2.75, 3.05) is 7.05 Å². The van der Waals surface area contributed by atoms with Gasteiger partial charge in [0, 0.05) is 36.9 Å². The summed E-state index contributed by atoms with van der Waals surface area (Å²) in [5.41, 5.74) is 0.991. The predicted octanol–water partition coefficient (Wildman–Crippen LogP) is 0.253. The van der Waals surface area contributed by atoms with Crippen molar-refractivity contribution in [3.63, 3.8) is 0 Å². The lowest BCUT2D eigenvalue weighted by molar-refractivity contribution is 0.797. The molecule has 0 saturated carbocycles. The van der Waals surface area contributed by atoms with Crippen LogP contribution >= 0.6 is 0 Å². The van der Waals surface area contributed by atoms with E-state index in [0.29, 0.717) is 5.95 Å². The molecule has 0 aliphatic rings. The van der Waals surface area contributed by atoms with Crippen LogP contribution in [0, 0.1) is 11.3 Å². The summed E-state index contributed by atoms with van der Waals surface area (Å²) in [5.74, 6) is 0.732. The molecule has 0 unspecified atom stereocenters. The van der Waals surface area contributed by atoms with Crippen LogP contribution in [0.3, 0.4) is 0 Å². The van der Waals surface area contributed by atoms with Gasteiger partial charge in [0.05, 0.1) is 0 Å². The summed E-state index contributed by atoms with van der Waals surface area (Å²) in [4.78, 5) is 12.2. The summed E-state index contributed by atoms with van der Waals surface area (Å²) in [6.07, 6.45) is 6.65. The Hall–Kier alpha value is -2.26. The number of aromatic nitrogens is 4. The summed E-state index contributed by atoms with van der Waals surface area (Å²) >= 11 is 0. The van der Waals surface area contributed by atoms with E-state index in [4.69, 9.17) is 5.26 Å². The monoisotopic (exact) mass is 214 g/mol. The minimum atomic E-state index is 0.279. The summed E-state index contributed by atoms with van der Waals surface area (Å²) in [7, 11) is 1.86. The molecule has 2 heterocycles. The van der Waals surface area contributed by atoms with E-state index in [9.17, 15) is 0 Å². The number of imidazole rings is 1. The van der Waals surface area contributed by atoms with Crippen molar-refractivity contribution >= 4 is 0 Å². The minimum absolute atomic E-state index is 0.279. The number of rotatable bonds is 3.